The van der Waals surface area contributed by atoms with E-state index in [1.54, 1.807) is 17.5 Å². The van der Waals surface area contributed by atoms with Crippen LogP contribution in [0.25, 0.3) is 10.6 Å². The van der Waals surface area contributed by atoms with E-state index in [2.05, 4.69) is 15.4 Å². The van der Waals surface area contributed by atoms with E-state index in [9.17, 15) is 4.79 Å². The van der Waals surface area contributed by atoms with E-state index in [-0.39, 0.29) is 5.91 Å². The van der Waals surface area contributed by atoms with Crippen molar-refractivity contribution < 1.29 is 4.79 Å². The van der Waals surface area contributed by atoms with Crippen LogP contribution in [-0.2, 0) is 6.54 Å². The number of aromatic nitrogens is 3. The van der Waals surface area contributed by atoms with Gasteiger partial charge in [-0.05, 0) is 37.6 Å². The molecule has 4 rings (SSSR count). The van der Waals surface area contributed by atoms with Crippen LogP contribution in [0.1, 0.15) is 27.3 Å². The molecule has 0 spiro atoms. The van der Waals surface area contributed by atoms with Gasteiger partial charge in [-0.2, -0.15) is 5.10 Å². The molecule has 5 nitrogen and oxygen atoms in total. The van der Waals surface area contributed by atoms with Gasteiger partial charge in [-0.3, -0.25) is 9.48 Å². The molecule has 0 atom stereocenters. The van der Waals surface area contributed by atoms with Gasteiger partial charge in [0, 0.05) is 33.5 Å². The number of carbonyl (C=O) groups is 1. The van der Waals surface area contributed by atoms with E-state index in [1.165, 1.54) is 0 Å². The molecule has 1 amide bonds. The predicted molar refractivity (Wildman–Crippen MR) is 118 cm³/mol. The van der Waals surface area contributed by atoms with Gasteiger partial charge in [-0.1, -0.05) is 41.9 Å². The molecule has 2 heterocycles. The van der Waals surface area contributed by atoms with E-state index < -0.39 is 0 Å². The Morgan fingerprint density at radius 3 is 2.76 bits per heavy atom. The molecule has 0 fully saturated rings. The summed E-state index contributed by atoms with van der Waals surface area (Å²) in [7, 11) is 0. The van der Waals surface area contributed by atoms with Crippen molar-refractivity contribution in [1.82, 2.24) is 14.8 Å². The molecule has 0 aliphatic rings. The molecule has 7 heteroatoms. The topological polar surface area (TPSA) is 59.8 Å². The van der Waals surface area contributed by atoms with Crippen LogP contribution in [0.15, 0.2) is 60.1 Å². The quantitative estimate of drug-likeness (QED) is 0.456. The largest absolute Gasteiger partial charge is 0.322 e. The minimum absolute atomic E-state index is 0.179. The van der Waals surface area contributed by atoms with Gasteiger partial charge < -0.3 is 5.32 Å². The summed E-state index contributed by atoms with van der Waals surface area (Å²) in [6.45, 7) is 4.26. The highest BCUT2D eigenvalue weighted by atomic mass is 35.5. The lowest BCUT2D eigenvalue weighted by Crippen LogP contribution is -2.14. The van der Waals surface area contributed by atoms with Gasteiger partial charge in [0.2, 0.25) is 0 Å². The summed E-state index contributed by atoms with van der Waals surface area (Å²) in [6, 6.07) is 15.3. The van der Waals surface area contributed by atoms with Crippen molar-refractivity contribution in [2.75, 3.05) is 5.32 Å². The second-order valence-electron chi connectivity index (χ2n) is 6.67. The van der Waals surface area contributed by atoms with Crippen LogP contribution in [0.5, 0.6) is 0 Å². The Balaban J connectivity index is 1.57. The van der Waals surface area contributed by atoms with Crippen LogP contribution in [0, 0.1) is 13.8 Å². The second kappa shape index (κ2) is 8.19. The number of halogens is 1. The normalized spacial score (nSPS) is 10.9. The first kappa shape index (κ1) is 19.4. The van der Waals surface area contributed by atoms with Crippen molar-refractivity contribution in [2.45, 2.75) is 20.4 Å². The molecule has 0 bridgehead atoms. The Morgan fingerprint density at radius 1 is 1.17 bits per heavy atom. The van der Waals surface area contributed by atoms with Gasteiger partial charge in [-0.15, -0.1) is 11.3 Å². The van der Waals surface area contributed by atoms with Crippen molar-refractivity contribution in [3.8, 4) is 10.6 Å². The Bertz CT molecular complexity index is 1170. The number of aryl methyl sites for hydroxylation is 1. The van der Waals surface area contributed by atoms with Gasteiger partial charge in [-0.25, -0.2) is 4.98 Å². The Morgan fingerprint density at radius 2 is 2.00 bits per heavy atom. The van der Waals surface area contributed by atoms with Gasteiger partial charge in [0.15, 0.2) is 0 Å². The van der Waals surface area contributed by atoms with Gasteiger partial charge in [0.1, 0.15) is 5.01 Å². The Labute approximate surface area is 178 Å². The fraction of sp³-hybridized carbons (Fsp3) is 0.136. The van der Waals surface area contributed by atoms with Gasteiger partial charge in [0.25, 0.3) is 5.91 Å². The summed E-state index contributed by atoms with van der Waals surface area (Å²) in [4.78, 5) is 17.3. The summed E-state index contributed by atoms with van der Waals surface area (Å²) in [5.41, 5.74) is 4.72. The maximum absolute atomic E-state index is 13.0. The molecule has 4 aromatic rings. The lowest BCUT2D eigenvalue weighted by Gasteiger charge is -2.09. The monoisotopic (exact) mass is 422 g/mol. The molecule has 1 N–H and O–H groups in total. The number of carbonyl (C=O) groups excluding carboxylic acids is 1. The zero-order valence-corrected chi connectivity index (χ0v) is 17.6. The van der Waals surface area contributed by atoms with E-state index >= 15 is 0 Å². The van der Waals surface area contributed by atoms with Gasteiger partial charge >= 0.3 is 0 Å². The minimum Gasteiger partial charge on any atom is -0.322 e. The SMILES string of the molecule is Cc1nn(Cc2ccccc2Cl)c(C)c1C(=O)Nc1cccc(-c2nccs2)c1. The number of thiazole rings is 1. The number of nitrogens with one attached hydrogen (secondary N) is 1. The van der Waals surface area contributed by atoms with Crippen molar-refractivity contribution in [3.05, 3.63) is 87.6 Å². The highest BCUT2D eigenvalue weighted by molar-refractivity contribution is 7.13. The molecular formula is C22H19ClN4OS. The fourth-order valence-electron chi connectivity index (χ4n) is 3.26. The second-order valence-corrected chi connectivity index (χ2v) is 7.97. The molecular weight excluding hydrogens is 404 g/mol. The first-order valence-electron chi connectivity index (χ1n) is 9.11. The van der Waals surface area contributed by atoms with E-state index in [1.807, 2.05) is 72.4 Å². The molecule has 0 saturated carbocycles. The average molecular weight is 423 g/mol. The molecule has 0 aliphatic heterocycles. The fourth-order valence-corrected chi connectivity index (χ4v) is 4.09. The third-order valence-electron chi connectivity index (χ3n) is 4.69. The van der Waals surface area contributed by atoms with Crippen LogP contribution in [-0.4, -0.2) is 20.7 Å². The van der Waals surface area contributed by atoms with Crippen molar-refractivity contribution >= 4 is 34.5 Å². The lowest BCUT2D eigenvalue weighted by atomic mass is 10.1. The van der Waals surface area contributed by atoms with Crippen LogP contribution in [0.2, 0.25) is 5.02 Å². The van der Waals surface area contributed by atoms with Crippen molar-refractivity contribution in [1.29, 1.82) is 0 Å². The molecule has 0 radical (unpaired) electrons. The first-order chi connectivity index (χ1) is 14.0. The summed E-state index contributed by atoms with van der Waals surface area (Å²) in [6.07, 6.45) is 1.77. The molecule has 0 saturated heterocycles. The first-order valence-corrected chi connectivity index (χ1v) is 10.4. The number of anilines is 1. The van der Waals surface area contributed by atoms with Crippen molar-refractivity contribution in [3.63, 3.8) is 0 Å². The minimum atomic E-state index is -0.179. The van der Waals surface area contributed by atoms with E-state index in [0.29, 0.717) is 22.8 Å². The van der Waals surface area contributed by atoms with Crippen LogP contribution in [0.4, 0.5) is 5.69 Å². The highest BCUT2D eigenvalue weighted by Gasteiger charge is 2.19. The summed E-state index contributed by atoms with van der Waals surface area (Å²) in [5, 5.41) is 11.1. The molecule has 0 aliphatic carbocycles. The Kier molecular flexibility index (Phi) is 5.47. The third-order valence-corrected chi connectivity index (χ3v) is 5.88. The Hall–Kier alpha value is -2.96. The molecule has 2 aromatic heterocycles. The number of benzene rings is 2. The lowest BCUT2D eigenvalue weighted by molar-refractivity contribution is 0.102. The smallest absolute Gasteiger partial charge is 0.259 e. The average Bonchev–Trinajstić information content (AvgIpc) is 3.32. The summed E-state index contributed by atoms with van der Waals surface area (Å²) < 4.78 is 1.82. The number of hydrogen-bond donors (Lipinski definition) is 1. The summed E-state index contributed by atoms with van der Waals surface area (Å²) >= 11 is 7.84. The molecule has 146 valence electrons. The number of hydrogen-bond acceptors (Lipinski definition) is 4. The highest BCUT2D eigenvalue weighted by Crippen LogP contribution is 2.25. The number of amides is 1. The summed E-state index contributed by atoms with van der Waals surface area (Å²) in [5.74, 6) is -0.179. The maximum Gasteiger partial charge on any atom is 0.259 e. The van der Waals surface area contributed by atoms with Crippen LogP contribution < -0.4 is 5.32 Å². The van der Waals surface area contributed by atoms with Crippen LogP contribution in [0.3, 0.4) is 0 Å². The molecule has 0 unspecified atom stereocenters. The zero-order chi connectivity index (χ0) is 20.4. The number of rotatable bonds is 5. The molecule has 2 aromatic carbocycles. The van der Waals surface area contributed by atoms with Crippen molar-refractivity contribution in [2.24, 2.45) is 0 Å². The van der Waals surface area contributed by atoms with E-state index in [0.717, 1.165) is 27.5 Å². The van der Waals surface area contributed by atoms with Gasteiger partial charge in [0.05, 0.1) is 17.8 Å². The predicted octanol–water partition coefficient (Wildman–Crippen LogP) is 5.58. The van der Waals surface area contributed by atoms with Crippen LogP contribution >= 0.6 is 22.9 Å². The zero-order valence-electron chi connectivity index (χ0n) is 16.0. The van der Waals surface area contributed by atoms with E-state index in [4.69, 9.17) is 11.6 Å². The maximum atomic E-state index is 13.0. The molecule has 29 heavy (non-hydrogen) atoms. The third kappa shape index (κ3) is 4.09. The number of nitrogens with zero attached hydrogens (tertiary/aromatic N) is 3. The standard InChI is InChI=1S/C22H19ClN4OS/c1-14-20(15(2)27(26-14)13-17-6-3-4-9-19(17)23)21(28)25-18-8-5-7-16(12-18)22-24-10-11-29-22/h3-12H,13H2,1-2H3,(H,25,28).